The number of hydrogen-bond donors (Lipinski definition) is 2. The molecular formula is C20H21Br2N3O4. The largest absolute Gasteiger partial charge is 0.495 e. The number of aryl methyl sites for hydroxylation is 1. The lowest BCUT2D eigenvalue weighted by Gasteiger charge is -2.11. The van der Waals surface area contributed by atoms with Crippen molar-refractivity contribution in [3.8, 4) is 11.5 Å². The van der Waals surface area contributed by atoms with E-state index in [9.17, 15) is 9.59 Å². The Hall–Kier alpha value is -2.39. The molecule has 2 rings (SSSR count). The number of para-hydroxylation sites is 2. The zero-order valence-corrected chi connectivity index (χ0v) is 19.4. The molecule has 0 aliphatic carbocycles. The van der Waals surface area contributed by atoms with Crippen LogP contribution in [-0.2, 0) is 9.59 Å². The molecule has 2 aromatic carbocycles. The van der Waals surface area contributed by atoms with Gasteiger partial charge in [0.1, 0.15) is 11.5 Å². The fraction of sp³-hybridized carbons (Fsp3) is 0.250. The van der Waals surface area contributed by atoms with Crippen LogP contribution in [-0.4, -0.2) is 31.2 Å². The number of nitrogens with one attached hydrogen (secondary N) is 2. The highest BCUT2D eigenvalue weighted by atomic mass is 79.9. The van der Waals surface area contributed by atoms with Crippen molar-refractivity contribution >= 4 is 55.1 Å². The van der Waals surface area contributed by atoms with Gasteiger partial charge in [0, 0.05) is 5.71 Å². The van der Waals surface area contributed by atoms with Crippen molar-refractivity contribution in [1.82, 2.24) is 5.43 Å². The lowest BCUT2D eigenvalue weighted by Crippen LogP contribution is -2.26. The smallest absolute Gasteiger partial charge is 0.277 e. The fourth-order valence-electron chi connectivity index (χ4n) is 2.37. The maximum absolute atomic E-state index is 12.2. The van der Waals surface area contributed by atoms with Gasteiger partial charge in [0.2, 0.25) is 5.91 Å². The van der Waals surface area contributed by atoms with Crippen LogP contribution in [0.1, 0.15) is 18.9 Å². The summed E-state index contributed by atoms with van der Waals surface area (Å²) in [5.74, 6) is 0.389. The van der Waals surface area contributed by atoms with E-state index in [1.165, 1.54) is 7.11 Å². The Kier molecular flexibility index (Phi) is 8.66. The van der Waals surface area contributed by atoms with Crippen LogP contribution < -0.4 is 20.2 Å². The van der Waals surface area contributed by atoms with E-state index in [2.05, 4.69) is 47.7 Å². The summed E-state index contributed by atoms with van der Waals surface area (Å²) in [7, 11) is 1.53. The molecule has 0 aliphatic rings. The molecule has 0 aliphatic heterocycles. The molecule has 0 saturated carbocycles. The van der Waals surface area contributed by atoms with E-state index in [1.54, 1.807) is 25.1 Å². The number of nitrogens with zero attached hydrogens (tertiary/aromatic N) is 1. The lowest BCUT2D eigenvalue weighted by atomic mass is 10.2. The highest BCUT2D eigenvalue weighted by molar-refractivity contribution is 9.11. The van der Waals surface area contributed by atoms with Gasteiger partial charge in [0.15, 0.2) is 6.61 Å². The third-order valence-corrected chi connectivity index (χ3v) is 4.84. The predicted octanol–water partition coefficient (Wildman–Crippen LogP) is 4.43. The summed E-state index contributed by atoms with van der Waals surface area (Å²) in [6.45, 7) is 3.38. The van der Waals surface area contributed by atoms with Crippen LogP contribution in [0.25, 0.3) is 0 Å². The first-order chi connectivity index (χ1) is 13.8. The summed E-state index contributed by atoms with van der Waals surface area (Å²) < 4.78 is 12.2. The molecule has 154 valence electrons. The number of benzene rings is 2. The lowest BCUT2D eigenvalue weighted by molar-refractivity contribution is -0.123. The minimum absolute atomic E-state index is 0.0221. The van der Waals surface area contributed by atoms with E-state index in [-0.39, 0.29) is 18.9 Å². The van der Waals surface area contributed by atoms with Crippen LogP contribution >= 0.6 is 31.9 Å². The Balaban J connectivity index is 1.84. The number of anilines is 1. The Morgan fingerprint density at radius 2 is 1.76 bits per heavy atom. The predicted molar refractivity (Wildman–Crippen MR) is 120 cm³/mol. The number of halogens is 2. The Bertz CT molecular complexity index is 909. The average Bonchev–Trinajstić information content (AvgIpc) is 2.65. The Labute approximate surface area is 186 Å². The molecule has 0 radical (unpaired) electrons. The molecule has 9 heteroatoms. The molecule has 29 heavy (non-hydrogen) atoms. The van der Waals surface area contributed by atoms with E-state index < -0.39 is 5.91 Å². The molecule has 0 fully saturated rings. The number of carbonyl (C=O) groups excluding carboxylic acids is 2. The second kappa shape index (κ2) is 11.0. The average molecular weight is 527 g/mol. The fourth-order valence-corrected chi connectivity index (χ4v) is 4.01. The third kappa shape index (κ3) is 7.17. The molecular weight excluding hydrogens is 506 g/mol. The van der Waals surface area contributed by atoms with Crippen LogP contribution in [0.4, 0.5) is 5.69 Å². The van der Waals surface area contributed by atoms with Gasteiger partial charge < -0.3 is 14.8 Å². The van der Waals surface area contributed by atoms with Gasteiger partial charge in [-0.05, 0) is 75.5 Å². The van der Waals surface area contributed by atoms with Gasteiger partial charge in [-0.1, -0.05) is 12.1 Å². The van der Waals surface area contributed by atoms with Gasteiger partial charge >= 0.3 is 0 Å². The van der Waals surface area contributed by atoms with E-state index in [0.717, 1.165) is 14.5 Å². The molecule has 0 bridgehead atoms. The summed E-state index contributed by atoms with van der Waals surface area (Å²) in [5.41, 5.74) is 4.45. The zero-order valence-electron chi connectivity index (χ0n) is 16.2. The van der Waals surface area contributed by atoms with Crippen LogP contribution in [0.2, 0.25) is 0 Å². The molecule has 2 N–H and O–H groups in total. The monoisotopic (exact) mass is 525 g/mol. The van der Waals surface area contributed by atoms with E-state index in [0.29, 0.717) is 22.9 Å². The van der Waals surface area contributed by atoms with Gasteiger partial charge in [-0.3, -0.25) is 9.59 Å². The standard InChI is InChI=1S/C20H21Br2N3O4/c1-12-8-14(21)20(15(22)9-12)29-11-19(27)25-24-13(2)10-18(26)23-16-6-4-5-7-17(16)28-3/h4-9H,10-11H2,1-3H3,(H,23,26)(H,25,27)/b24-13+. The van der Waals surface area contributed by atoms with Crippen molar-refractivity contribution in [2.75, 3.05) is 19.0 Å². The molecule has 0 aromatic heterocycles. The van der Waals surface area contributed by atoms with Crippen LogP contribution in [0.3, 0.4) is 0 Å². The highest BCUT2D eigenvalue weighted by Gasteiger charge is 2.11. The molecule has 2 amide bonds. The Morgan fingerprint density at radius 3 is 2.41 bits per heavy atom. The van der Waals surface area contributed by atoms with Crippen molar-refractivity contribution in [2.24, 2.45) is 5.10 Å². The third-order valence-electron chi connectivity index (χ3n) is 3.66. The van der Waals surface area contributed by atoms with Crippen molar-refractivity contribution < 1.29 is 19.1 Å². The second-order valence-electron chi connectivity index (χ2n) is 6.15. The van der Waals surface area contributed by atoms with E-state index >= 15 is 0 Å². The van der Waals surface area contributed by atoms with Gasteiger partial charge in [-0.15, -0.1) is 0 Å². The highest BCUT2D eigenvalue weighted by Crippen LogP contribution is 2.34. The first kappa shape index (κ1) is 22.9. The number of carbonyl (C=O) groups is 2. The van der Waals surface area contributed by atoms with Crippen molar-refractivity contribution in [3.63, 3.8) is 0 Å². The van der Waals surface area contributed by atoms with Gasteiger partial charge in [0.25, 0.3) is 5.91 Å². The number of hydrogen-bond acceptors (Lipinski definition) is 5. The Morgan fingerprint density at radius 1 is 1.10 bits per heavy atom. The summed E-state index contributed by atoms with van der Waals surface area (Å²) >= 11 is 6.81. The number of rotatable bonds is 8. The zero-order chi connectivity index (χ0) is 21.4. The minimum Gasteiger partial charge on any atom is -0.495 e. The van der Waals surface area contributed by atoms with Gasteiger partial charge in [-0.2, -0.15) is 5.10 Å². The summed E-state index contributed by atoms with van der Waals surface area (Å²) in [6, 6.07) is 10.9. The molecule has 0 spiro atoms. The maximum Gasteiger partial charge on any atom is 0.277 e. The second-order valence-corrected chi connectivity index (χ2v) is 7.86. The van der Waals surface area contributed by atoms with Crippen molar-refractivity contribution in [2.45, 2.75) is 20.3 Å². The SMILES string of the molecule is COc1ccccc1NC(=O)C/C(C)=N/NC(=O)COc1c(Br)cc(C)cc1Br. The van der Waals surface area contributed by atoms with Crippen LogP contribution in [0.5, 0.6) is 11.5 Å². The van der Waals surface area contributed by atoms with Gasteiger partial charge in [-0.25, -0.2) is 5.43 Å². The first-order valence-corrected chi connectivity index (χ1v) is 10.2. The summed E-state index contributed by atoms with van der Waals surface area (Å²) in [4.78, 5) is 24.1. The van der Waals surface area contributed by atoms with Crippen molar-refractivity contribution in [3.05, 3.63) is 50.9 Å². The molecule has 7 nitrogen and oxygen atoms in total. The number of hydrazone groups is 1. The maximum atomic E-state index is 12.2. The van der Waals surface area contributed by atoms with Gasteiger partial charge in [0.05, 0.1) is 28.2 Å². The molecule has 0 saturated heterocycles. The molecule has 0 unspecified atom stereocenters. The minimum atomic E-state index is -0.436. The number of ether oxygens (including phenoxy) is 2. The normalized spacial score (nSPS) is 11.0. The quantitative estimate of drug-likeness (QED) is 0.393. The summed E-state index contributed by atoms with van der Waals surface area (Å²) in [5, 5.41) is 6.69. The molecule has 0 atom stereocenters. The number of amides is 2. The summed E-state index contributed by atoms with van der Waals surface area (Å²) in [6.07, 6.45) is 0.0221. The number of methoxy groups -OCH3 is 1. The van der Waals surface area contributed by atoms with E-state index in [4.69, 9.17) is 9.47 Å². The van der Waals surface area contributed by atoms with Crippen molar-refractivity contribution in [1.29, 1.82) is 0 Å². The van der Waals surface area contributed by atoms with Crippen LogP contribution in [0.15, 0.2) is 50.4 Å². The molecule has 0 heterocycles. The molecule has 2 aromatic rings. The van der Waals surface area contributed by atoms with Crippen LogP contribution in [0, 0.1) is 6.92 Å². The van der Waals surface area contributed by atoms with E-state index in [1.807, 2.05) is 25.1 Å². The first-order valence-electron chi connectivity index (χ1n) is 8.63. The topological polar surface area (TPSA) is 89.0 Å².